The number of nitrogens with zero attached hydrogens (tertiary/aromatic N) is 1. The Balaban J connectivity index is 4.61. The fraction of sp³-hybridized carbons (Fsp3) is 0.846. The van der Waals surface area contributed by atoms with E-state index in [4.69, 9.17) is 5.11 Å². The van der Waals surface area contributed by atoms with Crippen LogP contribution in [0.2, 0.25) is 0 Å². The number of rotatable bonds is 7. The molecule has 2 N–H and O–H groups in total. The highest BCUT2D eigenvalue weighted by molar-refractivity contribution is 5.82. The second-order valence-corrected chi connectivity index (χ2v) is 5.08. The summed E-state index contributed by atoms with van der Waals surface area (Å²) in [7, 11) is 0. The molecule has 0 aromatic rings. The molecule has 0 rings (SSSR count). The number of hydrogen-bond donors (Lipinski definition) is 2. The molecule has 0 saturated heterocycles. The van der Waals surface area contributed by atoms with Gasteiger partial charge in [0.1, 0.15) is 6.04 Å². The SMILES string of the molecule is CCC(C)[C@H](NC(=O)N(CC)CC(C)C)C(=O)O. The third-order valence-corrected chi connectivity index (χ3v) is 3.01. The van der Waals surface area contributed by atoms with Crippen molar-refractivity contribution in [3.05, 3.63) is 0 Å². The lowest BCUT2D eigenvalue weighted by Gasteiger charge is -2.27. The van der Waals surface area contributed by atoms with Crippen molar-refractivity contribution < 1.29 is 14.7 Å². The number of carboxylic acids is 1. The van der Waals surface area contributed by atoms with Gasteiger partial charge in [0, 0.05) is 13.1 Å². The van der Waals surface area contributed by atoms with Crippen molar-refractivity contribution in [2.75, 3.05) is 13.1 Å². The van der Waals surface area contributed by atoms with Crippen LogP contribution in [0.3, 0.4) is 0 Å². The Hall–Kier alpha value is -1.26. The quantitative estimate of drug-likeness (QED) is 0.735. The van der Waals surface area contributed by atoms with E-state index in [1.54, 1.807) is 4.90 Å². The molecule has 2 amide bonds. The molecule has 0 aliphatic heterocycles. The molecule has 0 aliphatic carbocycles. The zero-order valence-electron chi connectivity index (χ0n) is 12.1. The number of carbonyl (C=O) groups excluding carboxylic acids is 1. The molecular weight excluding hydrogens is 232 g/mol. The molecule has 0 aromatic carbocycles. The molecule has 0 aromatic heterocycles. The van der Waals surface area contributed by atoms with Gasteiger partial charge in [-0.05, 0) is 18.8 Å². The summed E-state index contributed by atoms with van der Waals surface area (Å²) < 4.78 is 0. The molecule has 0 fully saturated rings. The summed E-state index contributed by atoms with van der Waals surface area (Å²) in [6.45, 7) is 10.9. The van der Waals surface area contributed by atoms with Gasteiger partial charge < -0.3 is 15.3 Å². The van der Waals surface area contributed by atoms with Gasteiger partial charge in [-0.3, -0.25) is 0 Å². The average Bonchev–Trinajstić information content (AvgIpc) is 2.30. The molecule has 2 atom stereocenters. The van der Waals surface area contributed by atoms with Crippen molar-refractivity contribution in [3.8, 4) is 0 Å². The number of nitrogens with one attached hydrogen (secondary N) is 1. The summed E-state index contributed by atoms with van der Waals surface area (Å²) in [5.41, 5.74) is 0. The van der Waals surface area contributed by atoms with Gasteiger partial charge in [0.2, 0.25) is 0 Å². The van der Waals surface area contributed by atoms with Crippen LogP contribution in [0.25, 0.3) is 0 Å². The first-order valence-corrected chi connectivity index (χ1v) is 6.61. The summed E-state index contributed by atoms with van der Waals surface area (Å²) in [5.74, 6) is -0.690. The minimum absolute atomic E-state index is 0.0794. The molecule has 0 radical (unpaired) electrons. The maximum absolute atomic E-state index is 12.0. The second kappa shape index (κ2) is 7.95. The largest absolute Gasteiger partial charge is 0.480 e. The fourth-order valence-electron chi connectivity index (χ4n) is 1.70. The van der Waals surface area contributed by atoms with E-state index in [1.807, 2.05) is 34.6 Å². The Morgan fingerprint density at radius 2 is 1.78 bits per heavy atom. The topological polar surface area (TPSA) is 69.6 Å². The number of amides is 2. The number of carboxylic acid groups (broad SMARTS) is 1. The molecule has 106 valence electrons. The van der Waals surface area contributed by atoms with Crippen molar-refractivity contribution in [1.29, 1.82) is 0 Å². The molecule has 0 saturated carbocycles. The molecule has 1 unspecified atom stereocenters. The Morgan fingerprint density at radius 3 is 2.11 bits per heavy atom. The van der Waals surface area contributed by atoms with Crippen molar-refractivity contribution in [2.24, 2.45) is 11.8 Å². The Bertz CT molecular complexity index is 279. The van der Waals surface area contributed by atoms with Crippen molar-refractivity contribution in [3.63, 3.8) is 0 Å². The van der Waals surface area contributed by atoms with E-state index in [9.17, 15) is 9.59 Å². The summed E-state index contributed by atoms with van der Waals surface area (Å²) in [6.07, 6.45) is 0.716. The normalized spacial score (nSPS) is 14.1. The minimum Gasteiger partial charge on any atom is -0.480 e. The van der Waals surface area contributed by atoms with Crippen molar-refractivity contribution >= 4 is 12.0 Å². The number of carbonyl (C=O) groups is 2. The van der Waals surface area contributed by atoms with Gasteiger partial charge in [0.05, 0.1) is 0 Å². The maximum Gasteiger partial charge on any atom is 0.326 e. The van der Waals surface area contributed by atoms with Crippen LogP contribution in [0.15, 0.2) is 0 Å². The lowest BCUT2D eigenvalue weighted by Crippen LogP contribution is -2.51. The first-order valence-electron chi connectivity index (χ1n) is 6.61. The van der Waals surface area contributed by atoms with E-state index in [2.05, 4.69) is 5.32 Å². The third-order valence-electron chi connectivity index (χ3n) is 3.01. The van der Waals surface area contributed by atoms with Gasteiger partial charge >= 0.3 is 12.0 Å². The fourth-order valence-corrected chi connectivity index (χ4v) is 1.70. The predicted molar refractivity (Wildman–Crippen MR) is 71.5 cm³/mol. The van der Waals surface area contributed by atoms with Crippen LogP contribution >= 0.6 is 0 Å². The highest BCUT2D eigenvalue weighted by Gasteiger charge is 2.27. The Kier molecular flexibility index (Phi) is 7.39. The van der Waals surface area contributed by atoms with E-state index in [0.717, 1.165) is 0 Å². The monoisotopic (exact) mass is 258 g/mol. The van der Waals surface area contributed by atoms with Crippen LogP contribution in [0.5, 0.6) is 0 Å². The van der Waals surface area contributed by atoms with Gasteiger partial charge in [-0.2, -0.15) is 0 Å². The van der Waals surface area contributed by atoms with Crippen LogP contribution in [-0.2, 0) is 4.79 Å². The first-order chi connectivity index (χ1) is 8.33. The summed E-state index contributed by atoms with van der Waals surface area (Å²) in [5, 5.41) is 11.7. The third kappa shape index (κ3) is 5.38. The maximum atomic E-state index is 12.0. The smallest absolute Gasteiger partial charge is 0.326 e. The van der Waals surface area contributed by atoms with Gasteiger partial charge in [0.25, 0.3) is 0 Å². The molecular formula is C13H26N2O3. The van der Waals surface area contributed by atoms with Crippen LogP contribution in [0, 0.1) is 11.8 Å². The van der Waals surface area contributed by atoms with E-state index >= 15 is 0 Å². The summed E-state index contributed by atoms with van der Waals surface area (Å²) >= 11 is 0. The molecule has 0 heterocycles. The summed E-state index contributed by atoms with van der Waals surface area (Å²) in [6, 6.07) is -1.11. The van der Waals surface area contributed by atoms with Crippen LogP contribution in [-0.4, -0.2) is 41.1 Å². The van der Waals surface area contributed by atoms with Crippen LogP contribution < -0.4 is 5.32 Å². The first kappa shape index (κ1) is 16.7. The molecule has 5 nitrogen and oxygen atoms in total. The zero-order chi connectivity index (χ0) is 14.3. The van der Waals surface area contributed by atoms with Gasteiger partial charge in [-0.15, -0.1) is 0 Å². The highest BCUT2D eigenvalue weighted by atomic mass is 16.4. The molecule has 0 aliphatic rings. The van der Waals surface area contributed by atoms with Crippen LogP contribution in [0.1, 0.15) is 41.0 Å². The zero-order valence-corrected chi connectivity index (χ0v) is 12.1. The second-order valence-electron chi connectivity index (χ2n) is 5.08. The Morgan fingerprint density at radius 1 is 1.22 bits per heavy atom. The molecule has 0 bridgehead atoms. The average molecular weight is 258 g/mol. The van der Waals surface area contributed by atoms with Gasteiger partial charge in [-0.1, -0.05) is 34.1 Å². The standard InChI is InChI=1S/C13H26N2O3/c1-6-10(5)11(12(16)17)14-13(18)15(7-2)8-9(3)4/h9-11H,6-8H2,1-5H3,(H,14,18)(H,16,17)/t10?,11-/m0/s1. The van der Waals surface area contributed by atoms with E-state index in [0.29, 0.717) is 25.4 Å². The Labute approximate surface area is 110 Å². The number of urea groups is 1. The van der Waals surface area contributed by atoms with Gasteiger partial charge in [0.15, 0.2) is 0 Å². The van der Waals surface area contributed by atoms with E-state index < -0.39 is 12.0 Å². The van der Waals surface area contributed by atoms with Gasteiger partial charge in [-0.25, -0.2) is 9.59 Å². The molecule has 18 heavy (non-hydrogen) atoms. The van der Waals surface area contributed by atoms with E-state index in [-0.39, 0.29) is 11.9 Å². The predicted octanol–water partition coefficient (Wildman–Crippen LogP) is 2.17. The lowest BCUT2D eigenvalue weighted by atomic mass is 9.99. The lowest BCUT2D eigenvalue weighted by molar-refractivity contribution is -0.140. The van der Waals surface area contributed by atoms with E-state index in [1.165, 1.54) is 0 Å². The summed E-state index contributed by atoms with van der Waals surface area (Å²) in [4.78, 5) is 24.8. The van der Waals surface area contributed by atoms with Crippen molar-refractivity contribution in [1.82, 2.24) is 10.2 Å². The van der Waals surface area contributed by atoms with Crippen LogP contribution in [0.4, 0.5) is 4.79 Å². The minimum atomic E-state index is -0.974. The molecule has 5 heteroatoms. The van der Waals surface area contributed by atoms with Crippen molar-refractivity contribution in [2.45, 2.75) is 47.1 Å². The number of hydrogen-bond acceptors (Lipinski definition) is 2. The number of aliphatic carboxylic acids is 1. The molecule has 0 spiro atoms. The highest BCUT2D eigenvalue weighted by Crippen LogP contribution is 2.09.